The monoisotopic (exact) mass is 400 g/mol. The molecule has 0 bridgehead atoms. The topological polar surface area (TPSA) is 50.9 Å². The predicted octanol–water partition coefficient (Wildman–Crippen LogP) is 3.73. The van der Waals surface area contributed by atoms with E-state index in [1.54, 1.807) is 23.0 Å². The third kappa shape index (κ3) is 4.39. The number of anilines is 1. The SMILES string of the molecule is CCn1nc(C)c(CN(C)C(=S)Nc2ccn(Cc3ccccc3F)n2)c1C. The third-order valence-electron chi connectivity index (χ3n) is 4.74. The zero-order chi connectivity index (χ0) is 20.3. The van der Waals surface area contributed by atoms with Gasteiger partial charge in [0.05, 0.1) is 12.2 Å². The largest absolute Gasteiger partial charge is 0.348 e. The number of nitrogens with zero attached hydrogens (tertiary/aromatic N) is 5. The molecule has 0 aliphatic rings. The van der Waals surface area contributed by atoms with Crippen LogP contribution in [-0.2, 0) is 19.6 Å². The molecule has 0 amide bonds. The number of aryl methyl sites for hydroxylation is 2. The summed E-state index contributed by atoms with van der Waals surface area (Å²) in [5.41, 5.74) is 3.95. The molecule has 0 unspecified atom stereocenters. The lowest BCUT2D eigenvalue weighted by Crippen LogP contribution is -2.31. The summed E-state index contributed by atoms with van der Waals surface area (Å²) in [4.78, 5) is 1.96. The summed E-state index contributed by atoms with van der Waals surface area (Å²) in [6.07, 6.45) is 1.80. The van der Waals surface area contributed by atoms with Crippen molar-refractivity contribution in [2.75, 3.05) is 12.4 Å². The van der Waals surface area contributed by atoms with Crippen molar-refractivity contribution in [3.8, 4) is 0 Å². The van der Waals surface area contributed by atoms with Crippen LogP contribution >= 0.6 is 12.2 Å². The minimum absolute atomic E-state index is 0.235. The van der Waals surface area contributed by atoms with Crippen molar-refractivity contribution in [2.24, 2.45) is 0 Å². The molecule has 6 nitrogen and oxygen atoms in total. The molecule has 0 atom stereocenters. The first-order chi connectivity index (χ1) is 13.4. The molecule has 0 saturated carbocycles. The van der Waals surface area contributed by atoms with Gasteiger partial charge < -0.3 is 10.2 Å². The van der Waals surface area contributed by atoms with Crippen LogP contribution in [-0.4, -0.2) is 36.6 Å². The van der Waals surface area contributed by atoms with E-state index in [2.05, 4.69) is 29.4 Å². The Bertz CT molecular complexity index is 977. The van der Waals surface area contributed by atoms with Gasteiger partial charge in [-0.1, -0.05) is 18.2 Å². The molecule has 0 aliphatic heterocycles. The molecule has 0 fully saturated rings. The zero-order valence-corrected chi connectivity index (χ0v) is 17.4. The van der Waals surface area contributed by atoms with Crippen molar-refractivity contribution in [3.05, 3.63) is 64.9 Å². The van der Waals surface area contributed by atoms with Crippen molar-refractivity contribution in [2.45, 2.75) is 40.4 Å². The molecule has 0 aliphatic carbocycles. The van der Waals surface area contributed by atoms with Crippen LogP contribution in [0.15, 0.2) is 36.5 Å². The molecule has 1 N–H and O–H groups in total. The van der Waals surface area contributed by atoms with Gasteiger partial charge in [0.2, 0.25) is 0 Å². The van der Waals surface area contributed by atoms with Crippen molar-refractivity contribution in [1.82, 2.24) is 24.5 Å². The molecular weight excluding hydrogens is 375 g/mol. The first-order valence-electron chi connectivity index (χ1n) is 9.21. The Morgan fingerprint density at radius 3 is 2.64 bits per heavy atom. The van der Waals surface area contributed by atoms with Crippen LogP contribution < -0.4 is 5.32 Å². The molecule has 0 radical (unpaired) electrons. The van der Waals surface area contributed by atoms with Gasteiger partial charge in [0, 0.05) is 49.2 Å². The number of aromatic nitrogens is 4. The molecule has 1 aromatic carbocycles. The first-order valence-corrected chi connectivity index (χ1v) is 9.61. The van der Waals surface area contributed by atoms with Crippen molar-refractivity contribution in [3.63, 3.8) is 0 Å². The van der Waals surface area contributed by atoms with Crippen molar-refractivity contribution in [1.29, 1.82) is 0 Å². The van der Waals surface area contributed by atoms with Gasteiger partial charge in [0.1, 0.15) is 5.82 Å². The highest BCUT2D eigenvalue weighted by atomic mass is 32.1. The Labute approximate surface area is 170 Å². The van der Waals surface area contributed by atoms with Crippen molar-refractivity contribution < 1.29 is 4.39 Å². The lowest BCUT2D eigenvalue weighted by atomic mass is 10.2. The van der Waals surface area contributed by atoms with Gasteiger partial charge in [0.15, 0.2) is 10.9 Å². The van der Waals surface area contributed by atoms with Gasteiger partial charge in [-0.05, 0) is 39.1 Å². The fraction of sp³-hybridized carbons (Fsp3) is 0.350. The highest BCUT2D eigenvalue weighted by Crippen LogP contribution is 2.16. The normalized spacial score (nSPS) is 10.9. The highest BCUT2D eigenvalue weighted by Gasteiger charge is 2.15. The number of thiocarbonyl (C=S) groups is 1. The summed E-state index contributed by atoms with van der Waals surface area (Å²) in [6, 6.07) is 8.52. The van der Waals surface area contributed by atoms with Gasteiger partial charge in [-0.3, -0.25) is 9.36 Å². The number of rotatable bonds is 6. The zero-order valence-electron chi connectivity index (χ0n) is 16.6. The minimum Gasteiger partial charge on any atom is -0.348 e. The molecule has 8 heteroatoms. The molecule has 0 saturated heterocycles. The number of nitrogens with one attached hydrogen (secondary N) is 1. The van der Waals surface area contributed by atoms with Crippen molar-refractivity contribution >= 4 is 23.1 Å². The van der Waals surface area contributed by atoms with E-state index in [4.69, 9.17) is 12.2 Å². The summed E-state index contributed by atoms with van der Waals surface area (Å²) < 4.78 is 17.5. The van der Waals surface area contributed by atoms with E-state index in [9.17, 15) is 4.39 Å². The van der Waals surface area contributed by atoms with Crippen LogP contribution in [0, 0.1) is 19.7 Å². The Morgan fingerprint density at radius 2 is 1.96 bits per heavy atom. The van der Waals surface area contributed by atoms with Gasteiger partial charge >= 0.3 is 0 Å². The van der Waals surface area contributed by atoms with Gasteiger partial charge in [-0.25, -0.2) is 4.39 Å². The molecular formula is C20H25FN6S. The second kappa shape index (κ2) is 8.52. The van der Waals surface area contributed by atoms with Gasteiger partial charge in [-0.2, -0.15) is 10.2 Å². The average Bonchev–Trinajstić information content (AvgIpc) is 3.22. The number of halogens is 1. The fourth-order valence-corrected chi connectivity index (χ4v) is 3.27. The molecule has 2 heterocycles. The third-order valence-corrected chi connectivity index (χ3v) is 5.15. The maximum absolute atomic E-state index is 13.8. The smallest absolute Gasteiger partial charge is 0.174 e. The van der Waals surface area contributed by atoms with Gasteiger partial charge in [-0.15, -0.1) is 0 Å². The van der Waals surface area contributed by atoms with E-state index in [0.717, 1.165) is 17.9 Å². The van der Waals surface area contributed by atoms with E-state index in [1.807, 2.05) is 35.7 Å². The number of hydrogen-bond donors (Lipinski definition) is 1. The second-order valence-corrected chi connectivity index (χ2v) is 7.13. The Balaban J connectivity index is 1.63. The quantitative estimate of drug-likeness (QED) is 0.639. The van der Waals surface area contributed by atoms with Crippen LogP contribution in [0.2, 0.25) is 0 Å². The molecule has 2 aromatic heterocycles. The van der Waals surface area contributed by atoms with Crippen LogP contribution in [0.25, 0.3) is 0 Å². The average molecular weight is 401 g/mol. The summed E-state index contributed by atoms with van der Waals surface area (Å²) in [5.74, 6) is 0.395. The Kier molecular flexibility index (Phi) is 6.08. The maximum atomic E-state index is 13.8. The second-order valence-electron chi connectivity index (χ2n) is 6.74. The van der Waals surface area contributed by atoms with Crippen LogP contribution in [0.5, 0.6) is 0 Å². The molecule has 28 heavy (non-hydrogen) atoms. The van der Waals surface area contributed by atoms with Crippen LogP contribution in [0.4, 0.5) is 10.2 Å². The number of benzene rings is 1. The van der Waals surface area contributed by atoms with Crippen LogP contribution in [0.1, 0.15) is 29.4 Å². The molecule has 3 aromatic rings. The summed E-state index contributed by atoms with van der Waals surface area (Å²) in [5, 5.41) is 12.7. The first kappa shape index (κ1) is 20.0. The lowest BCUT2D eigenvalue weighted by molar-refractivity contribution is 0.504. The van der Waals surface area contributed by atoms with E-state index in [1.165, 1.54) is 11.6 Å². The molecule has 0 spiro atoms. The Hall–Kier alpha value is -2.74. The predicted molar refractivity (Wildman–Crippen MR) is 113 cm³/mol. The van der Waals surface area contributed by atoms with E-state index < -0.39 is 0 Å². The van der Waals surface area contributed by atoms with E-state index in [0.29, 0.717) is 29.6 Å². The maximum Gasteiger partial charge on any atom is 0.174 e. The Morgan fingerprint density at radius 1 is 1.21 bits per heavy atom. The standard InChI is InChI=1S/C20H25FN6S/c1-5-27-15(3)17(14(2)23-27)13-25(4)20(28)22-19-10-11-26(24-19)12-16-8-6-7-9-18(16)21/h6-11H,5,12-13H2,1-4H3,(H,22,24,28). The summed E-state index contributed by atoms with van der Waals surface area (Å²) >= 11 is 5.52. The van der Waals surface area contributed by atoms with E-state index in [-0.39, 0.29) is 5.82 Å². The minimum atomic E-state index is -0.235. The summed E-state index contributed by atoms with van der Waals surface area (Å²) in [7, 11) is 1.94. The highest BCUT2D eigenvalue weighted by molar-refractivity contribution is 7.80. The van der Waals surface area contributed by atoms with E-state index >= 15 is 0 Å². The molecule has 3 rings (SSSR count). The summed E-state index contributed by atoms with van der Waals surface area (Å²) in [6.45, 7) is 8.05. The molecule has 148 valence electrons. The van der Waals surface area contributed by atoms with Gasteiger partial charge in [0.25, 0.3) is 0 Å². The fourth-order valence-electron chi connectivity index (χ4n) is 3.10. The number of hydrogen-bond acceptors (Lipinski definition) is 3. The van der Waals surface area contributed by atoms with Crippen LogP contribution in [0.3, 0.4) is 0 Å². The lowest BCUT2D eigenvalue weighted by Gasteiger charge is -2.20.